The van der Waals surface area contributed by atoms with E-state index in [2.05, 4.69) is 0 Å². The van der Waals surface area contributed by atoms with Gasteiger partial charge in [0.15, 0.2) is 0 Å². The van der Waals surface area contributed by atoms with Gasteiger partial charge in [-0.25, -0.2) is 0 Å². The fourth-order valence-corrected chi connectivity index (χ4v) is 3.43. The van der Waals surface area contributed by atoms with E-state index in [-0.39, 0.29) is 18.6 Å². The van der Waals surface area contributed by atoms with Crippen LogP contribution in [0.15, 0.2) is 29.2 Å². The van der Waals surface area contributed by atoms with Gasteiger partial charge in [0, 0.05) is 18.0 Å². The summed E-state index contributed by atoms with van der Waals surface area (Å²) >= 11 is 7.55. The number of rotatable bonds is 6. The molecule has 21 heavy (non-hydrogen) atoms. The maximum Gasteiger partial charge on any atom is 0.232 e. The van der Waals surface area contributed by atoms with Crippen molar-refractivity contribution in [3.63, 3.8) is 0 Å². The molecule has 0 saturated carbocycles. The van der Waals surface area contributed by atoms with E-state index in [1.54, 1.807) is 0 Å². The lowest BCUT2D eigenvalue weighted by Crippen LogP contribution is -2.41. The molecule has 1 saturated heterocycles. The Kier molecular flexibility index (Phi) is 6.83. The first-order valence-electron chi connectivity index (χ1n) is 7.08. The molecule has 0 radical (unpaired) electrons. The third-order valence-corrected chi connectivity index (χ3v) is 4.93. The summed E-state index contributed by atoms with van der Waals surface area (Å²) in [6.45, 7) is 1.87. The van der Waals surface area contributed by atoms with Crippen molar-refractivity contribution in [2.75, 3.05) is 32.1 Å². The van der Waals surface area contributed by atoms with Crippen LogP contribution >= 0.6 is 23.4 Å². The Hall–Kier alpha value is -0.750. The van der Waals surface area contributed by atoms with Crippen LogP contribution in [0.2, 0.25) is 5.02 Å². The quantitative estimate of drug-likeness (QED) is 0.814. The summed E-state index contributed by atoms with van der Waals surface area (Å²) in [6, 6.07) is 7.56. The van der Waals surface area contributed by atoms with E-state index in [0.717, 1.165) is 30.8 Å². The normalized spacial score (nSPS) is 16.2. The Morgan fingerprint density at radius 1 is 1.38 bits per heavy atom. The number of aliphatic hydroxyl groups is 1. The summed E-state index contributed by atoms with van der Waals surface area (Å²) in [5, 5.41) is 9.42. The molecule has 0 bridgehead atoms. The third kappa shape index (κ3) is 5.18. The first-order valence-corrected chi connectivity index (χ1v) is 8.44. The predicted molar refractivity (Wildman–Crippen MR) is 84.8 cm³/mol. The Balaban J connectivity index is 1.74. The molecular weight excluding hydrogens is 310 g/mol. The maximum absolute atomic E-state index is 12.2. The van der Waals surface area contributed by atoms with Crippen LogP contribution in [-0.4, -0.2) is 54.1 Å². The molecule has 1 aromatic carbocycles. The van der Waals surface area contributed by atoms with E-state index in [4.69, 9.17) is 21.4 Å². The van der Waals surface area contributed by atoms with Gasteiger partial charge in [-0.3, -0.25) is 4.79 Å². The van der Waals surface area contributed by atoms with Gasteiger partial charge in [-0.05, 0) is 25.0 Å². The fraction of sp³-hybridized carbons (Fsp3) is 0.533. The molecule has 2 rings (SSSR count). The summed E-state index contributed by atoms with van der Waals surface area (Å²) in [7, 11) is 0. The van der Waals surface area contributed by atoms with Gasteiger partial charge in [0.25, 0.3) is 0 Å². The minimum Gasteiger partial charge on any atom is -0.394 e. The number of halogens is 1. The van der Waals surface area contributed by atoms with Crippen LogP contribution in [0.3, 0.4) is 0 Å². The van der Waals surface area contributed by atoms with Crippen molar-refractivity contribution in [3.8, 4) is 0 Å². The number of benzene rings is 1. The van der Waals surface area contributed by atoms with E-state index in [1.807, 2.05) is 29.2 Å². The largest absolute Gasteiger partial charge is 0.394 e. The number of aliphatic hydroxyl groups excluding tert-OH is 1. The highest BCUT2D eigenvalue weighted by Crippen LogP contribution is 2.27. The van der Waals surface area contributed by atoms with Crippen molar-refractivity contribution in [1.82, 2.24) is 4.90 Å². The minimum atomic E-state index is 0.0492. The van der Waals surface area contributed by atoms with Crippen LogP contribution in [-0.2, 0) is 9.53 Å². The monoisotopic (exact) mass is 329 g/mol. The maximum atomic E-state index is 12.2. The molecular formula is C15H20ClNO3S. The molecule has 6 heteroatoms. The Labute approximate surface area is 134 Å². The lowest BCUT2D eigenvalue weighted by molar-refractivity contribution is -0.131. The summed E-state index contributed by atoms with van der Waals surface area (Å²) in [5.74, 6) is 0.548. The summed E-state index contributed by atoms with van der Waals surface area (Å²) < 4.78 is 5.49. The molecule has 1 aromatic rings. The van der Waals surface area contributed by atoms with Gasteiger partial charge >= 0.3 is 0 Å². The van der Waals surface area contributed by atoms with Gasteiger partial charge in [0.05, 0.1) is 30.1 Å². The molecule has 1 heterocycles. The molecule has 1 amide bonds. The Morgan fingerprint density at radius 3 is 2.76 bits per heavy atom. The molecule has 0 spiro atoms. The average Bonchev–Trinajstić information content (AvgIpc) is 2.52. The molecule has 1 aliphatic rings. The van der Waals surface area contributed by atoms with Crippen molar-refractivity contribution >= 4 is 29.3 Å². The lowest BCUT2D eigenvalue weighted by atomic mass is 10.1. The van der Waals surface area contributed by atoms with E-state index >= 15 is 0 Å². The van der Waals surface area contributed by atoms with Crippen LogP contribution in [0.5, 0.6) is 0 Å². The Bertz CT molecular complexity index is 464. The SMILES string of the molecule is O=C(CSc1ccccc1Cl)N1CCC(OCCO)CC1. The van der Waals surface area contributed by atoms with Gasteiger partial charge in [-0.1, -0.05) is 23.7 Å². The van der Waals surface area contributed by atoms with Crippen LogP contribution in [0.1, 0.15) is 12.8 Å². The highest BCUT2D eigenvalue weighted by molar-refractivity contribution is 8.00. The number of carbonyl (C=O) groups excluding carboxylic acids is 1. The number of nitrogens with zero attached hydrogens (tertiary/aromatic N) is 1. The van der Waals surface area contributed by atoms with Crippen molar-refractivity contribution in [2.45, 2.75) is 23.8 Å². The highest BCUT2D eigenvalue weighted by atomic mass is 35.5. The zero-order valence-corrected chi connectivity index (χ0v) is 13.4. The molecule has 1 aliphatic heterocycles. The molecule has 0 aliphatic carbocycles. The number of ether oxygens (including phenoxy) is 1. The number of carbonyl (C=O) groups is 1. The highest BCUT2D eigenvalue weighted by Gasteiger charge is 2.23. The van der Waals surface area contributed by atoms with E-state index < -0.39 is 0 Å². The average molecular weight is 330 g/mol. The number of likely N-dealkylation sites (tertiary alicyclic amines) is 1. The van der Waals surface area contributed by atoms with Crippen molar-refractivity contribution < 1.29 is 14.6 Å². The second-order valence-corrected chi connectivity index (χ2v) is 6.32. The van der Waals surface area contributed by atoms with Crippen LogP contribution in [0, 0.1) is 0 Å². The van der Waals surface area contributed by atoms with Crippen LogP contribution in [0.25, 0.3) is 0 Å². The van der Waals surface area contributed by atoms with Crippen LogP contribution in [0.4, 0.5) is 0 Å². The van der Waals surface area contributed by atoms with Gasteiger partial charge in [0.2, 0.25) is 5.91 Å². The first kappa shape index (κ1) is 16.6. The zero-order chi connectivity index (χ0) is 15.1. The summed E-state index contributed by atoms with van der Waals surface area (Å²) in [4.78, 5) is 15.0. The van der Waals surface area contributed by atoms with E-state index in [1.165, 1.54) is 11.8 Å². The molecule has 0 aromatic heterocycles. The van der Waals surface area contributed by atoms with Crippen molar-refractivity contribution in [1.29, 1.82) is 0 Å². The molecule has 116 valence electrons. The number of hydrogen-bond acceptors (Lipinski definition) is 4. The molecule has 4 nitrogen and oxygen atoms in total. The second-order valence-electron chi connectivity index (χ2n) is 4.89. The predicted octanol–water partition coefficient (Wildman–Crippen LogP) is 2.43. The zero-order valence-electron chi connectivity index (χ0n) is 11.8. The first-order chi connectivity index (χ1) is 10.2. The number of thioether (sulfide) groups is 1. The molecule has 1 N–H and O–H groups in total. The fourth-order valence-electron chi connectivity index (χ4n) is 2.28. The van der Waals surface area contributed by atoms with Gasteiger partial charge < -0.3 is 14.7 Å². The lowest BCUT2D eigenvalue weighted by Gasteiger charge is -2.31. The van der Waals surface area contributed by atoms with Crippen molar-refractivity contribution in [2.24, 2.45) is 0 Å². The Morgan fingerprint density at radius 2 is 2.10 bits per heavy atom. The van der Waals surface area contributed by atoms with Crippen molar-refractivity contribution in [3.05, 3.63) is 29.3 Å². The van der Waals surface area contributed by atoms with Gasteiger partial charge in [-0.15, -0.1) is 11.8 Å². The standard InChI is InChI=1S/C15H20ClNO3S/c16-13-3-1-2-4-14(13)21-11-15(19)17-7-5-12(6-8-17)20-10-9-18/h1-4,12,18H,5-11H2. The van der Waals surface area contributed by atoms with E-state index in [9.17, 15) is 4.79 Å². The van der Waals surface area contributed by atoms with E-state index in [0.29, 0.717) is 17.4 Å². The summed E-state index contributed by atoms with van der Waals surface area (Å²) in [5.41, 5.74) is 0. The number of hydrogen-bond donors (Lipinski definition) is 1. The smallest absolute Gasteiger partial charge is 0.232 e. The van der Waals surface area contributed by atoms with Crippen LogP contribution < -0.4 is 0 Å². The molecule has 0 unspecified atom stereocenters. The summed E-state index contributed by atoms with van der Waals surface area (Å²) in [6.07, 6.45) is 1.84. The topological polar surface area (TPSA) is 49.8 Å². The molecule has 1 fully saturated rings. The second kappa shape index (κ2) is 8.63. The third-order valence-electron chi connectivity index (χ3n) is 3.43. The molecule has 0 atom stereocenters. The minimum absolute atomic E-state index is 0.0492. The number of piperidine rings is 1. The number of amides is 1. The van der Waals surface area contributed by atoms with Gasteiger partial charge in [0.1, 0.15) is 0 Å². The van der Waals surface area contributed by atoms with Gasteiger partial charge in [-0.2, -0.15) is 0 Å².